The highest BCUT2D eigenvalue weighted by molar-refractivity contribution is 7.15. The van der Waals surface area contributed by atoms with Crippen molar-refractivity contribution < 1.29 is 4.79 Å². The van der Waals surface area contributed by atoms with E-state index in [0.29, 0.717) is 13.1 Å². The van der Waals surface area contributed by atoms with Gasteiger partial charge in [-0.1, -0.05) is 0 Å². The van der Waals surface area contributed by atoms with Crippen molar-refractivity contribution in [3.8, 4) is 10.6 Å². The Bertz CT molecular complexity index is 761. The lowest BCUT2D eigenvalue weighted by Gasteiger charge is -2.07. The minimum atomic E-state index is -0.164. The summed E-state index contributed by atoms with van der Waals surface area (Å²) in [7, 11) is 0. The van der Waals surface area contributed by atoms with Crippen LogP contribution >= 0.6 is 11.3 Å². The number of aryl methyl sites for hydroxylation is 2. The number of carbonyl (C=O) groups excluding carboxylic acids is 1. The molecular formula is C15H18N4O2S. The first-order valence-electron chi connectivity index (χ1n) is 7.35. The normalized spacial score (nSPS) is 14.1. The van der Waals surface area contributed by atoms with E-state index in [1.54, 1.807) is 17.4 Å². The van der Waals surface area contributed by atoms with Crippen molar-refractivity contribution in [2.75, 3.05) is 6.54 Å². The number of amides is 1. The van der Waals surface area contributed by atoms with Gasteiger partial charge in [-0.05, 0) is 32.8 Å². The zero-order chi connectivity index (χ0) is 15.7. The monoisotopic (exact) mass is 318 g/mol. The van der Waals surface area contributed by atoms with Gasteiger partial charge in [0.15, 0.2) is 0 Å². The van der Waals surface area contributed by atoms with E-state index in [9.17, 15) is 9.59 Å². The largest absolute Gasteiger partial charge is 0.354 e. The standard InChI is InChI=1S/C15H18N4O2S/c1-9-14(22-10(2)17-9)12-5-6-13(20)19(18-12)8-7-16-15(21)11-3-4-11/h5-6,11H,3-4,7-8H2,1-2H3,(H,16,21). The molecule has 0 saturated heterocycles. The van der Waals surface area contributed by atoms with Gasteiger partial charge in [-0.25, -0.2) is 9.67 Å². The van der Waals surface area contributed by atoms with Crippen molar-refractivity contribution in [2.24, 2.45) is 5.92 Å². The summed E-state index contributed by atoms with van der Waals surface area (Å²) >= 11 is 1.56. The van der Waals surface area contributed by atoms with E-state index in [-0.39, 0.29) is 17.4 Å². The molecule has 1 amide bonds. The van der Waals surface area contributed by atoms with Gasteiger partial charge in [0.1, 0.15) is 5.69 Å². The van der Waals surface area contributed by atoms with Crippen LogP contribution in [0.4, 0.5) is 0 Å². The number of nitrogens with zero attached hydrogens (tertiary/aromatic N) is 3. The minimum absolute atomic E-state index is 0.0816. The van der Waals surface area contributed by atoms with Crippen LogP contribution in [-0.4, -0.2) is 27.2 Å². The molecule has 0 bridgehead atoms. The maximum atomic E-state index is 11.9. The summed E-state index contributed by atoms with van der Waals surface area (Å²) in [6.07, 6.45) is 1.95. The van der Waals surface area contributed by atoms with Gasteiger partial charge in [0.25, 0.3) is 5.56 Å². The lowest BCUT2D eigenvalue weighted by molar-refractivity contribution is -0.122. The molecule has 1 N–H and O–H groups in total. The zero-order valence-corrected chi connectivity index (χ0v) is 13.4. The molecule has 0 aromatic carbocycles. The van der Waals surface area contributed by atoms with E-state index in [1.165, 1.54) is 10.7 Å². The average Bonchev–Trinajstić information content (AvgIpc) is 3.26. The van der Waals surface area contributed by atoms with Crippen molar-refractivity contribution in [1.82, 2.24) is 20.1 Å². The SMILES string of the molecule is Cc1nc(C)c(-c2ccc(=O)n(CCNC(=O)C3CC3)n2)s1. The zero-order valence-electron chi connectivity index (χ0n) is 12.6. The molecule has 6 nitrogen and oxygen atoms in total. The third-order valence-corrected chi connectivity index (χ3v) is 4.67. The Morgan fingerprint density at radius 3 is 2.82 bits per heavy atom. The molecule has 0 spiro atoms. The number of carbonyl (C=O) groups is 1. The average molecular weight is 318 g/mol. The van der Waals surface area contributed by atoms with Crippen LogP contribution < -0.4 is 10.9 Å². The molecule has 3 rings (SSSR count). The van der Waals surface area contributed by atoms with Crippen molar-refractivity contribution in [3.05, 3.63) is 33.2 Å². The molecule has 2 aromatic heterocycles. The molecule has 1 aliphatic rings. The molecule has 1 saturated carbocycles. The van der Waals surface area contributed by atoms with Gasteiger partial charge >= 0.3 is 0 Å². The Hall–Kier alpha value is -2.02. The van der Waals surface area contributed by atoms with Gasteiger partial charge < -0.3 is 5.32 Å². The van der Waals surface area contributed by atoms with E-state index in [0.717, 1.165) is 34.1 Å². The number of nitrogens with one attached hydrogen (secondary N) is 1. The molecule has 22 heavy (non-hydrogen) atoms. The number of hydrogen-bond acceptors (Lipinski definition) is 5. The third-order valence-electron chi connectivity index (χ3n) is 3.57. The van der Waals surface area contributed by atoms with E-state index in [2.05, 4.69) is 15.4 Å². The van der Waals surface area contributed by atoms with Gasteiger partial charge in [-0.3, -0.25) is 9.59 Å². The topological polar surface area (TPSA) is 76.9 Å². The molecule has 7 heteroatoms. The summed E-state index contributed by atoms with van der Waals surface area (Å²) in [4.78, 5) is 28.8. The number of rotatable bonds is 5. The maximum absolute atomic E-state index is 11.9. The number of hydrogen-bond donors (Lipinski definition) is 1. The highest BCUT2D eigenvalue weighted by atomic mass is 32.1. The summed E-state index contributed by atoms with van der Waals surface area (Å²) in [5.41, 5.74) is 1.50. The van der Waals surface area contributed by atoms with E-state index in [4.69, 9.17) is 0 Å². The van der Waals surface area contributed by atoms with Crippen LogP contribution in [0.1, 0.15) is 23.5 Å². The molecule has 2 heterocycles. The lowest BCUT2D eigenvalue weighted by Crippen LogP contribution is -2.32. The Labute approximate surface area is 132 Å². The number of aromatic nitrogens is 3. The molecular weight excluding hydrogens is 300 g/mol. The Kier molecular flexibility index (Phi) is 4.06. The van der Waals surface area contributed by atoms with Crippen LogP contribution in [0.3, 0.4) is 0 Å². The van der Waals surface area contributed by atoms with Crippen LogP contribution in [0.15, 0.2) is 16.9 Å². The maximum Gasteiger partial charge on any atom is 0.266 e. The summed E-state index contributed by atoms with van der Waals surface area (Å²) < 4.78 is 1.40. The summed E-state index contributed by atoms with van der Waals surface area (Å²) in [5, 5.41) is 8.22. The molecule has 116 valence electrons. The highest BCUT2D eigenvalue weighted by Gasteiger charge is 2.29. The van der Waals surface area contributed by atoms with Gasteiger partial charge in [0.2, 0.25) is 5.91 Å². The van der Waals surface area contributed by atoms with E-state index < -0.39 is 0 Å². The molecule has 2 aromatic rings. The molecule has 0 aliphatic heterocycles. The van der Waals surface area contributed by atoms with Crippen molar-refractivity contribution in [2.45, 2.75) is 33.2 Å². The second kappa shape index (κ2) is 6.00. The quantitative estimate of drug-likeness (QED) is 0.906. The van der Waals surface area contributed by atoms with Crippen LogP contribution in [0.5, 0.6) is 0 Å². The van der Waals surface area contributed by atoms with Crippen LogP contribution in [0.2, 0.25) is 0 Å². The van der Waals surface area contributed by atoms with Gasteiger partial charge in [-0.15, -0.1) is 11.3 Å². The highest BCUT2D eigenvalue weighted by Crippen LogP contribution is 2.28. The van der Waals surface area contributed by atoms with E-state index >= 15 is 0 Å². The fraction of sp³-hybridized carbons (Fsp3) is 0.467. The smallest absolute Gasteiger partial charge is 0.266 e. The predicted octanol–water partition coefficient (Wildman–Crippen LogP) is 1.51. The van der Waals surface area contributed by atoms with E-state index in [1.807, 2.05) is 13.8 Å². The van der Waals surface area contributed by atoms with Gasteiger partial charge in [0.05, 0.1) is 22.1 Å². The predicted molar refractivity (Wildman–Crippen MR) is 84.8 cm³/mol. The Morgan fingerprint density at radius 2 is 2.18 bits per heavy atom. The summed E-state index contributed by atoms with van der Waals surface area (Å²) in [5.74, 6) is 0.261. The van der Waals surface area contributed by atoms with Crippen LogP contribution in [0, 0.1) is 19.8 Å². The minimum Gasteiger partial charge on any atom is -0.354 e. The number of thiazole rings is 1. The van der Waals surface area contributed by atoms with Gasteiger partial charge in [-0.2, -0.15) is 5.10 Å². The molecule has 0 radical (unpaired) electrons. The Balaban J connectivity index is 1.73. The second-order valence-electron chi connectivity index (χ2n) is 5.49. The summed E-state index contributed by atoms with van der Waals surface area (Å²) in [6, 6.07) is 3.24. The van der Waals surface area contributed by atoms with Crippen molar-refractivity contribution >= 4 is 17.2 Å². The fourth-order valence-electron chi connectivity index (χ4n) is 2.27. The Morgan fingerprint density at radius 1 is 1.41 bits per heavy atom. The second-order valence-corrected chi connectivity index (χ2v) is 6.70. The van der Waals surface area contributed by atoms with Crippen molar-refractivity contribution in [3.63, 3.8) is 0 Å². The first kappa shape index (κ1) is 14.9. The molecule has 1 fully saturated rings. The first-order chi connectivity index (χ1) is 10.5. The van der Waals surface area contributed by atoms with Gasteiger partial charge in [0, 0.05) is 18.5 Å². The van der Waals surface area contributed by atoms with Crippen LogP contribution in [-0.2, 0) is 11.3 Å². The van der Waals surface area contributed by atoms with Crippen LogP contribution in [0.25, 0.3) is 10.6 Å². The lowest BCUT2D eigenvalue weighted by atomic mass is 10.3. The summed E-state index contributed by atoms with van der Waals surface area (Å²) in [6.45, 7) is 4.69. The third kappa shape index (κ3) is 3.24. The molecule has 1 aliphatic carbocycles. The first-order valence-corrected chi connectivity index (χ1v) is 8.16. The molecule has 0 unspecified atom stereocenters. The fourth-order valence-corrected chi connectivity index (χ4v) is 3.16. The molecule has 0 atom stereocenters. The van der Waals surface area contributed by atoms with Crippen molar-refractivity contribution in [1.29, 1.82) is 0 Å².